The Morgan fingerprint density at radius 3 is 2.12 bits per heavy atom. The van der Waals surface area contributed by atoms with Gasteiger partial charge in [-0.05, 0) is 6.42 Å². The summed E-state index contributed by atoms with van der Waals surface area (Å²) in [4.78, 5) is 35.4. The number of amides is 2. The summed E-state index contributed by atoms with van der Waals surface area (Å²) in [6, 6.07) is 0. The van der Waals surface area contributed by atoms with Crippen molar-refractivity contribution in [2.75, 3.05) is 6.54 Å². The summed E-state index contributed by atoms with van der Waals surface area (Å²) in [5.41, 5.74) is 0.220. The third kappa shape index (κ3) is 2.54. The molecule has 0 bridgehead atoms. The van der Waals surface area contributed by atoms with Crippen molar-refractivity contribution in [3.63, 3.8) is 0 Å². The summed E-state index contributed by atoms with van der Waals surface area (Å²) >= 11 is 0. The van der Waals surface area contributed by atoms with Crippen LogP contribution in [0.1, 0.15) is 27.2 Å². The van der Waals surface area contributed by atoms with Gasteiger partial charge in [0, 0.05) is 24.0 Å². The van der Waals surface area contributed by atoms with Crippen LogP contribution in [0.2, 0.25) is 0 Å². The summed E-state index contributed by atoms with van der Waals surface area (Å²) in [5.74, 6) is -2.08. The SMILES string of the molecule is CCC(=CCN1C(=O)C(C)C(C)C1=O)C(=O)O. The van der Waals surface area contributed by atoms with Gasteiger partial charge in [-0.15, -0.1) is 0 Å². The quantitative estimate of drug-likeness (QED) is 0.587. The Bertz CT molecular complexity index is 366. The lowest BCUT2D eigenvalue weighted by Crippen LogP contribution is -2.31. The average molecular weight is 239 g/mol. The molecule has 2 atom stereocenters. The van der Waals surface area contributed by atoms with Crippen molar-refractivity contribution in [3.8, 4) is 0 Å². The van der Waals surface area contributed by atoms with E-state index in [9.17, 15) is 14.4 Å². The second-order valence-corrected chi connectivity index (χ2v) is 4.25. The molecule has 17 heavy (non-hydrogen) atoms. The number of hydrogen-bond donors (Lipinski definition) is 1. The summed E-state index contributed by atoms with van der Waals surface area (Å²) in [5, 5.41) is 8.83. The molecule has 1 heterocycles. The van der Waals surface area contributed by atoms with Crippen LogP contribution in [-0.2, 0) is 14.4 Å². The van der Waals surface area contributed by atoms with Gasteiger partial charge in [0.1, 0.15) is 0 Å². The van der Waals surface area contributed by atoms with E-state index in [2.05, 4.69) is 0 Å². The topological polar surface area (TPSA) is 74.7 Å². The van der Waals surface area contributed by atoms with Crippen LogP contribution in [0.25, 0.3) is 0 Å². The Hall–Kier alpha value is -1.65. The summed E-state index contributed by atoms with van der Waals surface area (Å²) in [6.45, 7) is 5.21. The van der Waals surface area contributed by atoms with Crippen LogP contribution in [0.5, 0.6) is 0 Å². The van der Waals surface area contributed by atoms with E-state index in [1.165, 1.54) is 6.08 Å². The van der Waals surface area contributed by atoms with E-state index in [1.54, 1.807) is 20.8 Å². The monoisotopic (exact) mass is 239 g/mol. The number of aliphatic carboxylic acids is 1. The zero-order valence-corrected chi connectivity index (χ0v) is 10.3. The van der Waals surface area contributed by atoms with Crippen LogP contribution >= 0.6 is 0 Å². The molecule has 1 aliphatic heterocycles. The second kappa shape index (κ2) is 5.12. The molecule has 0 aliphatic carbocycles. The van der Waals surface area contributed by atoms with Crippen LogP contribution in [0.3, 0.4) is 0 Å². The van der Waals surface area contributed by atoms with Crippen molar-refractivity contribution in [3.05, 3.63) is 11.6 Å². The first-order valence-corrected chi connectivity index (χ1v) is 5.67. The minimum absolute atomic E-state index is 0.0574. The summed E-state index contributed by atoms with van der Waals surface area (Å²) in [7, 11) is 0. The lowest BCUT2D eigenvalue weighted by atomic mass is 10.00. The molecule has 1 aliphatic rings. The molecule has 0 saturated carbocycles. The van der Waals surface area contributed by atoms with Crippen LogP contribution in [0.15, 0.2) is 11.6 Å². The molecule has 0 aromatic rings. The van der Waals surface area contributed by atoms with Crippen molar-refractivity contribution in [1.29, 1.82) is 0 Å². The van der Waals surface area contributed by atoms with E-state index < -0.39 is 5.97 Å². The molecule has 5 nitrogen and oxygen atoms in total. The molecule has 0 radical (unpaired) electrons. The molecule has 5 heteroatoms. The number of carbonyl (C=O) groups is 3. The van der Waals surface area contributed by atoms with Gasteiger partial charge in [0.05, 0.1) is 0 Å². The van der Waals surface area contributed by atoms with E-state index >= 15 is 0 Å². The number of carboxylic acids is 1. The van der Waals surface area contributed by atoms with Crippen molar-refractivity contribution < 1.29 is 19.5 Å². The fourth-order valence-corrected chi connectivity index (χ4v) is 1.79. The molecule has 0 aromatic carbocycles. The number of hydrogen-bond acceptors (Lipinski definition) is 3. The molecule has 2 unspecified atom stereocenters. The van der Waals surface area contributed by atoms with Crippen molar-refractivity contribution in [2.24, 2.45) is 11.8 Å². The minimum Gasteiger partial charge on any atom is -0.478 e. The van der Waals surface area contributed by atoms with Crippen LogP contribution in [0.4, 0.5) is 0 Å². The van der Waals surface area contributed by atoms with Gasteiger partial charge in [-0.3, -0.25) is 14.5 Å². The highest BCUT2D eigenvalue weighted by atomic mass is 16.4. The lowest BCUT2D eigenvalue weighted by Gasteiger charge is -2.12. The first-order valence-electron chi connectivity index (χ1n) is 5.67. The third-order valence-corrected chi connectivity index (χ3v) is 3.24. The lowest BCUT2D eigenvalue weighted by molar-refractivity contribution is -0.139. The smallest absolute Gasteiger partial charge is 0.331 e. The maximum Gasteiger partial charge on any atom is 0.331 e. The Labute approximate surface area is 100 Å². The standard InChI is InChI=1S/C12H17NO4/c1-4-9(12(16)17)5-6-13-10(14)7(2)8(3)11(13)15/h5,7-8H,4,6H2,1-3H3,(H,16,17). The molecule has 94 valence electrons. The van der Waals surface area contributed by atoms with Gasteiger partial charge in [-0.1, -0.05) is 26.8 Å². The largest absolute Gasteiger partial charge is 0.478 e. The Balaban J connectivity index is 2.80. The first-order chi connectivity index (χ1) is 7.90. The molecule has 2 amide bonds. The van der Waals surface area contributed by atoms with E-state index in [0.717, 1.165) is 4.90 Å². The third-order valence-electron chi connectivity index (χ3n) is 3.24. The molecule has 1 saturated heterocycles. The average Bonchev–Trinajstić information content (AvgIpc) is 2.46. The highest BCUT2D eigenvalue weighted by Gasteiger charge is 2.41. The molecule has 1 N–H and O–H groups in total. The van der Waals surface area contributed by atoms with E-state index in [4.69, 9.17) is 5.11 Å². The Kier molecular flexibility index (Phi) is 4.04. The van der Waals surface area contributed by atoms with Crippen LogP contribution in [-0.4, -0.2) is 34.3 Å². The first kappa shape index (κ1) is 13.4. The minimum atomic E-state index is -1.01. The van der Waals surface area contributed by atoms with Gasteiger partial charge in [0.2, 0.25) is 11.8 Å². The second-order valence-electron chi connectivity index (χ2n) is 4.25. The molecule has 1 fully saturated rings. The van der Waals surface area contributed by atoms with Crippen molar-refractivity contribution in [1.82, 2.24) is 4.90 Å². The molecular weight excluding hydrogens is 222 g/mol. The number of nitrogens with zero attached hydrogens (tertiary/aromatic N) is 1. The highest BCUT2D eigenvalue weighted by molar-refractivity contribution is 6.04. The van der Waals surface area contributed by atoms with Gasteiger partial charge in [-0.25, -0.2) is 4.79 Å². The van der Waals surface area contributed by atoms with Gasteiger partial charge in [-0.2, -0.15) is 0 Å². The van der Waals surface area contributed by atoms with E-state index in [0.29, 0.717) is 6.42 Å². The maximum atomic E-state index is 11.7. The van der Waals surface area contributed by atoms with Gasteiger partial charge < -0.3 is 5.11 Å². The molecule has 0 aromatic heterocycles. The maximum absolute atomic E-state index is 11.7. The number of imide groups is 1. The zero-order valence-electron chi connectivity index (χ0n) is 10.3. The number of carbonyl (C=O) groups excluding carboxylic acids is 2. The summed E-state index contributed by atoms with van der Waals surface area (Å²) < 4.78 is 0. The fraction of sp³-hybridized carbons (Fsp3) is 0.583. The summed E-state index contributed by atoms with van der Waals surface area (Å²) in [6.07, 6.45) is 1.81. The highest BCUT2D eigenvalue weighted by Crippen LogP contribution is 2.25. The van der Waals surface area contributed by atoms with Crippen LogP contribution < -0.4 is 0 Å². The number of carboxylic acid groups (broad SMARTS) is 1. The van der Waals surface area contributed by atoms with E-state index in [-0.39, 0.29) is 35.8 Å². The zero-order chi connectivity index (χ0) is 13.2. The molecule has 1 rings (SSSR count). The number of likely N-dealkylation sites (tertiary alicyclic amines) is 1. The Morgan fingerprint density at radius 1 is 1.29 bits per heavy atom. The Morgan fingerprint density at radius 2 is 1.76 bits per heavy atom. The van der Waals surface area contributed by atoms with Gasteiger partial charge >= 0.3 is 5.97 Å². The normalized spacial score (nSPS) is 25.6. The van der Waals surface area contributed by atoms with Gasteiger partial charge in [0.15, 0.2) is 0 Å². The van der Waals surface area contributed by atoms with Gasteiger partial charge in [0.25, 0.3) is 0 Å². The molecule has 0 spiro atoms. The van der Waals surface area contributed by atoms with Crippen molar-refractivity contribution >= 4 is 17.8 Å². The number of rotatable bonds is 4. The molecular formula is C12H17NO4. The van der Waals surface area contributed by atoms with Crippen LogP contribution in [0, 0.1) is 11.8 Å². The fourth-order valence-electron chi connectivity index (χ4n) is 1.79. The van der Waals surface area contributed by atoms with E-state index in [1.807, 2.05) is 0 Å². The predicted octanol–water partition coefficient (Wildman–Crippen LogP) is 1.05. The van der Waals surface area contributed by atoms with Crippen molar-refractivity contribution in [2.45, 2.75) is 27.2 Å². The predicted molar refractivity (Wildman–Crippen MR) is 61.1 cm³/mol.